The van der Waals surface area contributed by atoms with E-state index in [1.54, 1.807) is 18.2 Å². The molecule has 7 nitrogen and oxygen atoms in total. The lowest BCUT2D eigenvalue weighted by Crippen LogP contribution is -2.65. The van der Waals surface area contributed by atoms with Gasteiger partial charge in [-0.25, -0.2) is 4.79 Å². The first-order valence-electron chi connectivity index (χ1n) is 6.48. The lowest BCUT2D eigenvalue weighted by atomic mass is 9.84. The summed E-state index contributed by atoms with van der Waals surface area (Å²) in [5, 5.41) is 39.1. The largest absolute Gasteiger partial charge is 0.453 e. The number of aliphatic hydroxyl groups is 4. The molecule has 0 amide bonds. The van der Waals surface area contributed by atoms with E-state index in [4.69, 9.17) is 9.47 Å². The van der Waals surface area contributed by atoms with E-state index in [9.17, 15) is 25.2 Å². The molecule has 1 aromatic rings. The fraction of sp³-hybridized carbons (Fsp3) is 0.500. The number of esters is 1. The molecule has 0 saturated heterocycles. The molecule has 116 valence electrons. The Hall–Kier alpha value is -1.51. The molecule has 0 aliphatic heterocycles. The molecule has 1 aliphatic carbocycles. The number of hydrogen-bond acceptors (Lipinski definition) is 7. The van der Waals surface area contributed by atoms with E-state index >= 15 is 0 Å². The zero-order chi connectivity index (χ0) is 15.6. The molecule has 4 N–H and O–H groups in total. The summed E-state index contributed by atoms with van der Waals surface area (Å²) in [6.07, 6.45) is -8.72. The van der Waals surface area contributed by atoms with Gasteiger partial charge in [-0.05, 0) is 12.1 Å². The van der Waals surface area contributed by atoms with Gasteiger partial charge in [-0.1, -0.05) is 18.2 Å². The Balaban J connectivity index is 2.18. The second kappa shape index (κ2) is 6.50. The summed E-state index contributed by atoms with van der Waals surface area (Å²) in [6.45, 7) is 0. The molecule has 2 rings (SSSR count). The van der Waals surface area contributed by atoms with Crippen LogP contribution in [0.5, 0.6) is 0 Å². The van der Waals surface area contributed by atoms with Crippen LogP contribution in [0.2, 0.25) is 0 Å². The van der Waals surface area contributed by atoms with Crippen molar-refractivity contribution in [2.24, 2.45) is 0 Å². The van der Waals surface area contributed by atoms with Crippen molar-refractivity contribution in [1.29, 1.82) is 0 Å². The molecule has 1 aliphatic rings. The minimum absolute atomic E-state index is 0.259. The van der Waals surface area contributed by atoms with Crippen LogP contribution in [0.4, 0.5) is 0 Å². The van der Waals surface area contributed by atoms with Crippen LogP contribution in [0.15, 0.2) is 30.3 Å². The van der Waals surface area contributed by atoms with Crippen LogP contribution in [0.25, 0.3) is 0 Å². The number of carbonyl (C=O) groups excluding carboxylic acids is 1. The third-order valence-corrected chi connectivity index (χ3v) is 3.57. The van der Waals surface area contributed by atoms with Crippen LogP contribution in [0.3, 0.4) is 0 Å². The van der Waals surface area contributed by atoms with Crippen molar-refractivity contribution in [2.45, 2.75) is 36.6 Å². The third-order valence-electron chi connectivity index (χ3n) is 3.57. The van der Waals surface area contributed by atoms with Crippen LogP contribution in [0, 0.1) is 0 Å². The Morgan fingerprint density at radius 3 is 1.95 bits per heavy atom. The molecule has 1 fully saturated rings. The molecule has 21 heavy (non-hydrogen) atoms. The van der Waals surface area contributed by atoms with Gasteiger partial charge in [-0.2, -0.15) is 0 Å². The zero-order valence-electron chi connectivity index (χ0n) is 11.4. The Morgan fingerprint density at radius 1 is 0.905 bits per heavy atom. The molecule has 0 unspecified atom stereocenters. The van der Waals surface area contributed by atoms with Crippen LogP contribution in [0.1, 0.15) is 10.4 Å². The highest BCUT2D eigenvalue weighted by Gasteiger charge is 2.51. The maximum atomic E-state index is 12.0. The number of hydrogen-bond donors (Lipinski definition) is 4. The average Bonchev–Trinajstić information content (AvgIpc) is 2.51. The Bertz CT molecular complexity index is 477. The number of ether oxygens (including phenoxy) is 2. The standard InChI is InChI=1S/C14H18O7/c1-20-12-10(17)8(15)9(16)11(18)13(12)21-14(19)7-5-3-2-4-6-7/h2-6,8-13,15-18H,1H3/t8-,9-,10+,11-,12-,13+/m0/s1. The maximum absolute atomic E-state index is 12.0. The molecule has 1 aromatic carbocycles. The van der Waals surface area contributed by atoms with E-state index in [0.717, 1.165) is 0 Å². The van der Waals surface area contributed by atoms with Crippen molar-refractivity contribution in [2.75, 3.05) is 7.11 Å². The molecule has 0 heterocycles. The van der Waals surface area contributed by atoms with E-state index < -0.39 is 42.6 Å². The lowest BCUT2D eigenvalue weighted by Gasteiger charge is -2.42. The highest BCUT2D eigenvalue weighted by Crippen LogP contribution is 2.26. The first-order chi connectivity index (χ1) is 9.97. The van der Waals surface area contributed by atoms with Gasteiger partial charge in [0.25, 0.3) is 0 Å². The molecule has 1 saturated carbocycles. The molecule has 0 radical (unpaired) electrons. The van der Waals surface area contributed by atoms with Crippen LogP contribution in [-0.2, 0) is 9.47 Å². The Labute approximate surface area is 121 Å². The summed E-state index contributed by atoms with van der Waals surface area (Å²) in [6, 6.07) is 8.08. The number of benzene rings is 1. The molecule has 0 bridgehead atoms. The molecule has 0 spiro atoms. The SMILES string of the molecule is CO[C@H]1[C@H](O)[C@@H](O)[C@H](O)[C@H](O)[C@H]1OC(=O)c1ccccc1. The summed E-state index contributed by atoms with van der Waals surface area (Å²) >= 11 is 0. The monoisotopic (exact) mass is 298 g/mol. The number of methoxy groups -OCH3 is 1. The van der Waals surface area contributed by atoms with Gasteiger partial charge in [-0.3, -0.25) is 0 Å². The average molecular weight is 298 g/mol. The molecular weight excluding hydrogens is 280 g/mol. The van der Waals surface area contributed by atoms with Gasteiger partial charge < -0.3 is 29.9 Å². The van der Waals surface area contributed by atoms with Gasteiger partial charge in [0.05, 0.1) is 5.56 Å². The van der Waals surface area contributed by atoms with E-state index in [1.165, 1.54) is 19.2 Å². The third kappa shape index (κ3) is 3.07. The minimum atomic E-state index is -1.64. The maximum Gasteiger partial charge on any atom is 0.338 e. The number of rotatable bonds is 3. The molecule has 6 atom stereocenters. The second-order valence-corrected chi connectivity index (χ2v) is 4.90. The van der Waals surface area contributed by atoms with Gasteiger partial charge in [0.1, 0.15) is 30.5 Å². The highest BCUT2D eigenvalue weighted by atomic mass is 16.6. The van der Waals surface area contributed by atoms with Crippen molar-refractivity contribution >= 4 is 5.97 Å². The van der Waals surface area contributed by atoms with E-state index in [0.29, 0.717) is 0 Å². The summed E-state index contributed by atoms with van der Waals surface area (Å²) in [7, 11) is 1.24. The molecule has 7 heteroatoms. The Morgan fingerprint density at radius 2 is 1.43 bits per heavy atom. The summed E-state index contributed by atoms with van der Waals surface area (Å²) in [4.78, 5) is 12.0. The van der Waals surface area contributed by atoms with Gasteiger partial charge in [-0.15, -0.1) is 0 Å². The smallest absolute Gasteiger partial charge is 0.338 e. The predicted molar refractivity (Wildman–Crippen MR) is 70.5 cm³/mol. The number of carbonyl (C=O) groups is 1. The molecule has 0 aromatic heterocycles. The second-order valence-electron chi connectivity index (χ2n) is 4.90. The van der Waals surface area contributed by atoms with Crippen LogP contribution in [-0.4, -0.2) is 70.1 Å². The van der Waals surface area contributed by atoms with Gasteiger partial charge in [0, 0.05) is 7.11 Å². The quantitative estimate of drug-likeness (QED) is 0.512. The van der Waals surface area contributed by atoms with Crippen molar-refractivity contribution in [3.05, 3.63) is 35.9 Å². The zero-order valence-corrected chi connectivity index (χ0v) is 11.4. The van der Waals surface area contributed by atoms with E-state index in [1.807, 2.05) is 0 Å². The number of aliphatic hydroxyl groups excluding tert-OH is 4. The first kappa shape index (κ1) is 15.9. The van der Waals surface area contributed by atoms with Crippen molar-refractivity contribution in [3.63, 3.8) is 0 Å². The molecular formula is C14H18O7. The van der Waals surface area contributed by atoms with Crippen LogP contribution < -0.4 is 0 Å². The summed E-state index contributed by atoms with van der Waals surface area (Å²) in [5.41, 5.74) is 0.259. The Kier molecular flexibility index (Phi) is 4.92. The lowest BCUT2D eigenvalue weighted by molar-refractivity contribution is -0.229. The predicted octanol–water partition coefficient (Wildman–Crippen LogP) is -1.32. The fourth-order valence-electron chi connectivity index (χ4n) is 2.36. The van der Waals surface area contributed by atoms with E-state index in [-0.39, 0.29) is 5.56 Å². The normalized spacial score (nSPS) is 36.2. The van der Waals surface area contributed by atoms with Gasteiger partial charge in [0.2, 0.25) is 0 Å². The van der Waals surface area contributed by atoms with Gasteiger partial charge in [0.15, 0.2) is 6.10 Å². The fourth-order valence-corrected chi connectivity index (χ4v) is 2.36. The van der Waals surface area contributed by atoms with Gasteiger partial charge >= 0.3 is 5.97 Å². The first-order valence-corrected chi connectivity index (χ1v) is 6.48. The van der Waals surface area contributed by atoms with Crippen molar-refractivity contribution < 1.29 is 34.7 Å². The van der Waals surface area contributed by atoms with Crippen molar-refractivity contribution in [1.82, 2.24) is 0 Å². The summed E-state index contributed by atoms with van der Waals surface area (Å²) < 4.78 is 10.1. The van der Waals surface area contributed by atoms with Crippen LogP contribution >= 0.6 is 0 Å². The van der Waals surface area contributed by atoms with Crippen molar-refractivity contribution in [3.8, 4) is 0 Å². The summed E-state index contributed by atoms with van der Waals surface area (Å²) in [5.74, 6) is -0.725. The highest BCUT2D eigenvalue weighted by molar-refractivity contribution is 5.89. The topological polar surface area (TPSA) is 116 Å². The minimum Gasteiger partial charge on any atom is -0.453 e. The van der Waals surface area contributed by atoms with E-state index in [2.05, 4.69) is 0 Å².